The molecule has 0 heterocycles. The van der Waals surface area contributed by atoms with Crippen molar-refractivity contribution >= 4 is 21.6 Å². The van der Waals surface area contributed by atoms with Crippen LogP contribution in [0.2, 0.25) is 0 Å². The highest BCUT2D eigenvalue weighted by Gasteiger charge is 2.14. The van der Waals surface area contributed by atoms with Gasteiger partial charge in [-0.1, -0.05) is 19.1 Å². The molecular weight excluding hydrogens is 312 g/mol. The van der Waals surface area contributed by atoms with Gasteiger partial charge in [-0.05, 0) is 23.6 Å². The van der Waals surface area contributed by atoms with Gasteiger partial charge in [-0.2, -0.15) is 8.78 Å². The Morgan fingerprint density at radius 2 is 1.90 bits per heavy atom. The second kappa shape index (κ2) is 7.75. The average Bonchev–Trinajstić information content (AvgIpc) is 2.37. The number of benzene rings is 1. The van der Waals surface area contributed by atoms with E-state index < -0.39 is 16.6 Å². The Morgan fingerprint density at radius 1 is 1.30 bits per heavy atom. The SMILES string of the molecule is CC(CCl)CS(=O)(=O)NCc1ccc(OC(F)F)cc1. The highest BCUT2D eigenvalue weighted by Crippen LogP contribution is 2.15. The van der Waals surface area contributed by atoms with Crippen LogP contribution in [0.3, 0.4) is 0 Å². The number of nitrogens with one attached hydrogen (secondary N) is 1. The third kappa shape index (κ3) is 6.49. The zero-order valence-corrected chi connectivity index (χ0v) is 12.4. The van der Waals surface area contributed by atoms with Gasteiger partial charge in [0.2, 0.25) is 10.0 Å². The van der Waals surface area contributed by atoms with Gasteiger partial charge < -0.3 is 4.74 Å². The molecule has 20 heavy (non-hydrogen) atoms. The van der Waals surface area contributed by atoms with Crippen molar-refractivity contribution in [3.63, 3.8) is 0 Å². The van der Waals surface area contributed by atoms with E-state index in [9.17, 15) is 17.2 Å². The van der Waals surface area contributed by atoms with Crippen LogP contribution in [-0.2, 0) is 16.6 Å². The van der Waals surface area contributed by atoms with Gasteiger partial charge in [0, 0.05) is 12.4 Å². The maximum Gasteiger partial charge on any atom is 0.387 e. The molecule has 0 spiro atoms. The van der Waals surface area contributed by atoms with Crippen LogP contribution in [-0.4, -0.2) is 26.7 Å². The summed E-state index contributed by atoms with van der Waals surface area (Å²) in [4.78, 5) is 0. The van der Waals surface area contributed by atoms with Crippen molar-refractivity contribution in [1.29, 1.82) is 0 Å². The summed E-state index contributed by atoms with van der Waals surface area (Å²) in [7, 11) is -3.41. The molecule has 0 aliphatic carbocycles. The number of alkyl halides is 3. The van der Waals surface area contributed by atoms with E-state index in [2.05, 4.69) is 9.46 Å². The molecule has 1 atom stereocenters. The van der Waals surface area contributed by atoms with Gasteiger partial charge in [0.05, 0.1) is 5.75 Å². The largest absolute Gasteiger partial charge is 0.435 e. The van der Waals surface area contributed by atoms with Crippen molar-refractivity contribution in [3.8, 4) is 5.75 Å². The van der Waals surface area contributed by atoms with Gasteiger partial charge in [-0.15, -0.1) is 11.6 Å². The fourth-order valence-corrected chi connectivity index (χ4v) is 3.07. The Morgan fingerprint density at radius 3 is 2.40 bits per heavy atom. The quantitative estimate of drug-likeness (QED) is 0.747. The molecule has 0 amide bonds. The molecule has 0 saturated heterocycles. The molecule has 1 aromatic rings. The lowest BCUT2D eigenvalue weighted by molar-refractivity contribution is -0.0498. The van der Waals surface area contributed by atoms with Gasteiger partial charge in [0.15, 0.2) is 0 Å². The number of hydrogen-bond donors (Lipinski definition) is 1. The first-order valence-electron chi connectivity index (χ1n) is 5.89. The minimum Gasteiger partial charge on any atom is -0.435 e. The Hall–Kier alpha value is -0.920. The molecule has 114 valence electrons. The molecule has 1 rings (SSSR count). The summed E-state index contributed by atoms with van der Waals surface area (Å²) >= 11 is 5.57. The summed E-state index contributed by atoms with van der Waals surface area (Å²) < 4.78 is 53.9. The molecule has 0 aromatic heterocycles. The Kier molecular flexibility index (Phi) is 6.64. The van der Waals surface area contributed by atoms with E-state index in [1.807, 2.05) is 0 Å². The van der Waals surface area contributed by atoms with E-state index >= 15 is 0 Å². The molecule has 0 fully saturated rings. The van der Waals surface area contributed by atoms with E-state index in [4.69, 9.17) is 11.6 Å². The molecule has 1 unspecified atom stereocenters. The van der Waals surface area contributed by atoms with Crippen molar-refractivity contribution in [2.45, 2.75) is 20.1 Å². The maximum absolute atomic E-state index is 12.0. The Bertz CT molecular complexity index is 508. The van der Waals surface area contributed by atoms with E-state index in [-0.39, 0.29) is 29.8 Å². The number of sulfonamides is 1. The second-order valence-electron chi connectivity index (χ2n) is 4.38. The lowest BCUT2D eigenvalue weighted by Gasteiger charge is -2.10. The van der Waals surface area contributed by atoms with Crippen molar-refractivity contribution in [1.82, 2.24) is 4.72 Å². The molecule has 0 saturated carbocycles. The molecular formula is C12H16ClF2NO3S. The molecule has 0 bridgehead atoms. The summed E-state index contributed by atoms with van der Waals surface area (Å²) in [5.74, 6) is 0.0993. The van der Waals surface area contributed by atoms with E-state index in [1.165, 1.54) is 24.3 Å². The second-order valence-corrected chi connectivity index (χ2v) is 6.54. The number of ether oxygens (including phenoxy) is 1. The molecule has 1 N–H and O–H groups in total. The van der Waals surface area contributed by atoms with Crippen LogP contribution < -0.4 is 9.46 Å². The standard InChI is InChI=1S/C12H16ClF2NO3S/c1-9(6-13)8-20(17,18)16-7-10-2-4-11(5-3-10)19-12(14)15/h2-5,9,12,16H,6-8H2,1H3. The zero-order valence-electron chi connectivity index (χ0n) is 10.9. The van der Waals surface area contributed by atoms with Gasteiger partial charge in [-0.3, -0.25) is 0 Å². The Labute approximate surface area is 122 Å². The van der Waals surface area contributed by atoms with Crippen LogP contribution in [0.1, 0.15) is 12.5 Å². The number of halogens is 3. The minimum atomic E-state index is -3.41. The fraction of sp³-hybridized carbons (Fsp3) is 0.500. The predicted octanol–water partition coefficient (Wildman–Crippen LogP) is 2.58. The van der Waals surface area contributed by atoms with E-state index in [0.717, 1.165) is 0 Å². The van der Waals surface area contributed by atoms with Gasteiger partial charge in [-0.25, -0.2) is 13.1 Å². The van der Waals surface area contributed by atoms with Crippen LogP contribution in [0.4, 0.5) is 8.78 Å². The van der Waals surface area contributed by atoms with Crippen molar-refractivity contribution in [2.75, 3.05) is 11.6 Å². The summed E-state index contributed by atoms with van der Waals surface area (Å²) in [5, 5.41) is 0. The summed E-state index contributed by atoms with van der Waals surface area (Å²) in [6.45, 7) is -1.05. The number of hydrogen-bond acceptors (Lipinski definition) is 3. The van der Waals surface area contributed by atoms with Crippen molar-refractivity contribution in [2.24, 2.45) is 5.92 Å². The average molecular weight is 328 g/mol. The van der Waals surface area contributed by atoms with Crippen molar-refractivity contribution in [3.05, 3.63) is 29.8 Å². The third-order valence-electron chi connectivity index (χ3n) is 2.41. The summed E-state index contributed by atoms with van der Waals surface area (Å²) in [6, 6.07) is 5.75. The normalized spacial score (nSPS) is 13.4. The summed E-state index contributed by atoms with van der Waals surface area (Å²) in [6.07, 6.45) is 0. The third-order valence-corrected chi connectivity index (χ3v) is 4.53. The highest BCUT2D eigenvalue weighted by atomic mass is 35.5. The van der Waals surface area contributed by atoms with Crippen LogP contribution >= 0.6 is 11.6 Å². The first kappa shape index (κ1) is 17.1. The molecule has 0 aliphatic rings. The first-order chi connectivity index (χ1) is 9.32. The van der Waals surface area contributed by atoms with Crippen LogP contribution in [0, 0.1) is 5.92 Å². The first-order valence-corrected chi connectivity index (χ1v) is 8.08. The molecule has 0 radical (unpaired) electrons. The molecule has 4 nitrogen and oxygen atoms in total. The lowest BCUT2D eigenvalue weighted by atomic mass is 10.2. The van der Waals surface area contributed by atoms with Gasteiger partial charge >= 0.3 is 6.61 Å². The Balaban J connectivity index is 2.53. The maximum atomic E-state index is 12.0. The lowest BCUT2D eigenvalue weighted by Crippen LogP contribution is -2.29. The van der Waals surface area contributed by atoms with Crippen LogP contribution in [0.25, 0.3) is 0 Å². The fourth-order valence-electron chi connectivity index (χ4n) is 1.46. The zero-order chi connectivity index (χ0) is 15.2. The number of rotatable bonds is 8. The topological polar surface area (TPSA) is 55.4 Å². The smallest absolute Gasteiger partial charge is 0.387 e. The van der Waals surface area contributed by atoms with Crippen LogP contribution in [0.5, 0.6) is 5.75 Å². The van der Waals surface area contributed by atoms with Gasteiger partial charge in [0.25, 0.3) is 0 Å². The van der Waals surface area contributed by atoms with E-state index in [1.54, 1.807) is 6.92 Å². The molecule has 0 aliphatic heterocycles. The van der Waals surface area contributed by atoms with Crippen LogP contribution in [0.15, 0.2) is 24.3 Å². The van der Waals surface area contributed by atoms with E-state index in [0.29, 0.717) is 5.56 Å². The van der Waals surface area contributed by atoms with Crippen molar-refractivity contribution < 1.29 is 21.9 Å². The molecule has 8 heteroatoms. The summed E-state index contributed by atoms with van der Waals surface area (Å²) in [5.41, 5.74) is 0.647. The minimum absolute atomic E-state index is 0.0300. The van der Waals surface area contributed by atoms with Gasteiger partial charge in [0.1, 0.15) is 5.75 Å². The highest BCUT2D eigenvalue weighted by molar-refractivity contribution is 7.89. The molecule has 1 aromatic carbocycles. The predicted molar refractivity (Wildman–Crippen MR) is 73.6 cm³/mol. The monoisotopic (exact) mass is 327 g/mol.